The minimum Gasteiger partial charge on any atom is -0.349 e. The monoisotopic (exact) mass is 264 g/mol. The van der Waals surface area contributed by atoms with Crippen molar-refractivity contribution in [1.82, 2.24) is 15.5 Å². The lowest BCUT2D eigenvalue weighted by Gasteiger charge is -2.37. The van der Waals surface area contributed by atoms with E-state index in [2.05, 4.69) is 22.4 Å². The third kappa shape index (κ3) is 2.97. The number of H-pyrrole nitrogens is 1. The molecule has 19 heavy (non-hydrogen) atoms. The lowest BCUT2D eigenvalue weighted by molar-refractivity contribution is -0.133. The summed E-state index contributed by atoms with van der Waals surface area (Å²) in [4.78, 5) is 12.5. The summed E-state index contributed by atoms with van der Waals surface area (Å²) < 4.78 is 0. The Bertz CT molecular complexity index is 407. The molecule has 4 N–H and O–H groups in total. The predicted octanol–water partition coefficient (Wildman–Crippen LogP) is 1.74. The molecule has 1 heterocycles. The molecule has 1 saturated carbocycles. The molecule has 0 saturated heterocycles. The van der Waals surface area contributed by atoms with E-state index >= 15 is 0 Å². The van der Waals surface area contributed by atoms with Gasteiger partial charge in [-0.2, -0.15) is 5.10 Å². The van der Waals surface area contributed by atoms with Gasteiger partial charge in [-0.05, 0) is 38.5 Å². The second-order valence-corrected chi connectivity index (χ2v) is 5.89. The topological polar surface area (TPSA) is 83.8 Å². The van der Waals surface area contributed by atoms with Crippen LogP contribution in [0.3, 0.4) is 0 Å². The first-order valence-electron chi connectivity index (χ1n) is 7.07. The summed E-state index contributed by atoms with van der Waals surface area (Å²) in [7, 11) is 0. The quantitative estimate of drug-likeness (QED) is 0.774. The molecule has 1 atom stereocenters. The van der Waals surface area contributed by atoms with Gasteiger partial charge in [-0.25, -0.2) is 0 Å². The lowest BCUT2D eigenvalue weighted by Crippen LogP contribution is -2.48. The molecule has 1 amide bonds. The molecule has 1 fully saturated rings. The Morgan fingerprint density at radius 2 is 2.32 bits per heavy atom. The molecule has 0 radical (unpaired) electrons. The summed E-state index contributed by atoms with van der Waals surface area (Å²) in [5.74, 6) is 0.800. The number of aromatic amines is 1. The average Bonchev–Trinajstić information content (AvgIpc) is 2.94. The molecule has 5 heteroatoms. The lowest BCUT2D eigenvalue weighted by atomic mass is 9.70. The molecular formula is C14H24N4O. The van der Waals surface area contributed by atoms with Crippen LogP contribution in [0.25, 0.3) is 0 Å². The van der Waals surface area contributed by atoms with E-state index in [4.69, 9.17) is 5.73 Å². The maximum absolute atomic E-state index is 12.5. The first-order chi connectivity index (χ1) is 9.07. The highest BCUT2D eigenvalue weighted by molar-refractivity contribution is 5.83. The zero-order valence-electron chi connectivity index (χ0n) is 11.8. The average molecular weight is 264 g/mol. The molecule has 0 aliphatic heterocycles. The van der Waals surface area contributed by atoms with Gasteiger partial charge in [-0.1, -0.05) is 6.92 Å². The Labute approximate surface area is 114 Å². The van der Waals surface area contributed by atoms with Crippen molar-refractivity contribution in [3.8, 4) is 0 Å². The molecule has 1 aromatic heterocycles. The largest absolute Gasteiger partial charge is 0.349 e. The first-order valence-corrected chi connectivity index (χ1v) is 7.07. The van der Waals surface area contributed by atoms with Crippen LogP contribution in [-0.4, -0.2) is 22.6 Å². The van der Waals surface area contributed by atoms with Crippen LogP contribution in [-0.2, 0) is 4.79 Å². The van der Waals surface area contributed by atoms with Crippen LogP contribution in [0.15, 0.2) is 12.4 Å². The molecule has 0 spiro atoms. The molecule has 1 aliphatic rings. The highest BCUT2D eigenvalue weighted by atomic mass is 16.2. The van der Waals surface area contributed by atoms with Crippen molar-refractivity contribution >= 4 is 5.91 Å². The number of nitrogens with zero attached hydrogens (tertiary/aromatic N) is 1. The molecule has 5 nitrogen and oxygen atoms in total. The molecule has 1 aromatic rings. The van der Waals surface area contributed by atoms with Gasteiger partial charge in [-0.3, -0.25) is 9.89 Å². The zero-order chi connectivity index (χ0) is 13.9. The van der Waals surface area contributed by atoms with Crippen LogP contribution >= 0.6 is 0 Å². The van der Waals surface area contributed by atoms with E-state index in [0.29, 0.717) is 12.5 Å². The van der Waals surface area contributed by atoms with Crippen LogP contribution in [0.1, 0.15) is 51.1 Å². The minimum absolute atomic E-state index is 0.0333. The van der Waals surface area contributed by atoms with Gasteiger partial charge in [-0.15, -0.1) is 0 Å². The molecule has 0 aromatic carbocycles. The summed E-state index contributed by atoms with van der Waals surface area (Å²) >= 11 is 0. The van der Waals surface area contributed by atoms with Crippen molar-refractivity contribution in [1.29, 1.82) is 0 Å². The fraction of sp³-hybridized carbons (Fsp3) is 0.714. The number of nitrogens with two attached hydrogens (primary N) is 1. The van der Waals surface area contributed by atoms with Gasteiger partial charge < -0.3 is 11.1 Å². The number of hydrogen-bond acceptors (Lipinski definition) is 3. The molecule has 2 rings (SSSR count). The predicted molar refractivity (Wildman–Crippen MR) is 74.3 cm³/mol. The van der Waals surface area contributed by atoms with Gasteiger partial charge in [0.2, 0.25) is 5.91 Å². The van der Waals surface area contributed by atoms with E-state index in [1.54, 1.807) is 6.20 Å². The number of aromatic nitrogens is 2. The number of carbonyl (C=O) groups excluding carboxylic acids is 1. The van der Waals surface area contributed by atoms with Gasteiger partial charge in [0.1, 0.15) is 0 Å². The van der Waals surface area contributed by atoms with E-state index in [1.807, 2.05) is 13.1 Å². The van der Waals surface area contributed by atoms with Crippen molar-refractivity contribution in [2.24, 2.45) is 17.1 Å². The maximum atomic E-state index is 12.5. The molecule has 1 unspecified atom stereocenters. The highest BCUT2D eigenvalue weighted by Crippen LogP contribution is 2.38. The van der Waals surface area contributed by atoms with Gasteiger partial charge in [0, 0.05) is 18.3 Å². The Morgan fingerprint density at radius 3 is 2.84 bits per heavy atom. The molecule has 106 valence electrons. The molecule has 0 bridgehead atoms. The van der Waals surface area contributed by atoms with E-state index < -0.39 is 0 Å². The van der Waals surface area contributed by atoms with Crippen LogP contribution in [0.5, 0.6) is 0 Å². The Kier molecular flexibility index (Phi) is 4.24. The van der Waals surface area contributed by atoms with Crippen molar-refractivity contribution in [2.45, 2.75) is 45.6 Å². The second-order valence-electron chi connectivity index (χ2n) is 5.89. The third-order valence-electron chi connectivity index (χ3n) is 4.47. The smallest absolute Gasteiger partial charge is 0.227 e. The summed E-state index contributed by atoms with van der Waals surface area (Å²) in [6, 6.07) is -0.0333. The van der Waals surface area contributed by atoms with Crippen molar-refractivity contribution < 1.29 is 4.79 Å². The van der Waals surface area contributed by atoms with Crippen LogP contribution in [0, 0.1) is 11.3 Å². The van der Waals surface area contributed by atoms with Gasteiger partial charge >= 0.3 is 0 Å². The van der Waals surface area contributed by atoms with Gasteiger partial charge in [0.15, 0.2) is 0 Å². The van der Waals surface area contributed by atoms with Crippen molar-refractivity contribution in [3.05, 3.63) is 18.0 Å². The SMILES string of the molecule is CC1CCC(CN)(C(=O)NC(C)c2cn[nH]c2)CC1. The van der Waals surface area contributed by atoms with E-state index in [9.17, 15) is 4.79 Å². The number of hydrogen-bond donors (Lipinski definition) is 3. The van der Waals surface area contributed by atoms with Gasteiger partial charge in [0.05, 0.1) is 17.7 Å². The summed E-state index contributed by atoms with van der Waals surface area (Å²) in [6.45, 7) is 4.65. The number of carbonyl (C=O) groups is 1. The van der Waals surface area contributed by atoms with Crippen LogP contribution < -0.4 is 11.1 Å². The fourth-order valence-corrected chi connectivity index (χ4v) is 2.77. The number of rotatable bonds is 4. The first kappa shape index (κ1) is 14.1. The van der Waals surface area contributed by atoms with Crippen LogP contribution in [0.4, 0.5) is 0 Å². The molecule has 1 aliphatic carbocycles. The van der Waals surface area contributed by atoms with Crippen LogP contribution in [0.2, 0.25) is 0 Å². The Balaban J connectivity index is 2.01. The van der Waals surface area contributed by atoms with Crippen molar-refractivity contribution in [3.63, 3.8) is 0 Å². The normalized spacial score (nSPS) is 28.9. The Morgan fingerprint density at radius 1 is 1.63 bits per heavy atom. The second kappa shape index (κ2) is 5.74. The van der Waals surface area contributed by atoms with Crippen molar-refractivity contribution in [2.75, 3.05) is 6.54 Å². The fourth-order valence-electron chi connectivity index (χ4n) is 2.77. The zero-order valence-corrected chi connectivity index (χ0v) is 11.8. The standard InChI is InChI=1S/C14H24N4O/c1-10-3-5-14(9-15,6-4-10)13(19)18-11(2)12-7-16-17-8-12/h7-8,10-11H,3-6,9,15H2,1-2H3,(H,16,17)(H,18,19). The van der Waals surface area contributed by atoms with E-state index in [1.165, 1.54) is 0 Å². The van der Waals surface area contributed by atoms with Gasteiger partial charge in [0.25, 0.3) is 0 Å². The summed E-state index contributed by atoms with van der Waals surface area (Å²) in [5, 5.41) is 9.76. The summed E-state index contributed by atoms with van der Waals surface area (Å²) in [5.41, 5.74) is 6.52. The summed E-state index contributed by atoms with van der Waals surface area (Å²) in [6.07, 6.45) is 7.52. The third-order valence-corrected chi connectivity index (χ3v) is 4.47. The number of amides is 1. The van der Waals surface area contributed by atoms with E-state index in [0.717, 1.165) is 31.2 Å². The minimum atomic E-state index is -0.371. The highest BCUT2D eigenvalue weighted by Gasteiger charge is 2.40. The maximum Gasteiger partial charge on any atom is 0.227 e. The molecular weight excluding hydrogens is 240 g/mol. The van der Waals surface area contributed by atoms with E-state index in [-0.39, 0.29) is 17.4 Å². The number of nitrogens with one attached hydrogen (secondary N) is 2. The Hall–Kier alpha value is -1.36.